The molecule has 0 radical (unpaired) electrons. The number of nitrogens with zero attached hydrogens (tertiary/aromatic N) is 3. The highest BCUT2D eigenvalue weighted by molar-refractivity contribution is 5.97. The molecule has 11 nitrogen and oxygen atoms in total. The van der Waals surface area contributed by atoms with Crippen molar-refractivity contribution < 1.29 is 19.1 Å². The van der Waals surface area contributed by atoms with E-state index >= 15 is 0 Å². The summed E-state index contributed by atoms with van der Waals surface area (Å²) in [5, 5.41) is 6.13. The monoisotopic (exact) mass is 568 g/mol. The first-order valence-electron chi connectivity index (χ1n) is 14.1. The van der Waals surface area contributed by atoms with Crippen molar-refractivity contribution in [1.29, 1.82) is 0 Å². The summed E-state index contributed by atoms with van der Waals surface area (Å²) >= 11 is 0. The third-order valence-corrected chi connectivity index (χ3v) is 7.93. The van der Waals surface area contributed by atoms with E-state index in [-0.39, 0.29) is 53.9 Å². The van der Waals surface area contributed by atoms with Gasteiger partial charge in [0, 0.05) is 13.0 Å². The lowest BCUT2D eigenvalue weighted by molar-refractivity contribution is -0.139. The molecule has 0 aliphatic carbocycles. The molecule has 2 aromatic heterocycles. The normalized spacial score (nSPS) is 12.0. The molecule has 3 aromatic rings. The van der Waals surface area contributed by atoms with Crippen LogP contribution < -0.4 is 21.1 Å². The summed E-state index contributed by atoms with van der Waals surface area (Å²) in [6, 6.07) is 7.46. The van der Waals surface area contributed by atoms with E-state index in [1.54, 1.807) is 0 Å². The Morgan fingerprint density at radius 2 is 1.83 bits per heavy atom. The van der Waals surface area contributed by atoms with Crippen LogP contribution >= 0.6 is 0 Å². The van der Waals surface area contributed by atoms with Crippen LogP contribution in [0.5, 0.6) is 6.01 Å². The van der Waals surface area contributed by atoms with Crippen molar-refractivity contribution >= 4 is 28.9 Å². The number of nitrogens with one attached hydrogen (secondary N) is 3. The highest BCUT2D eigenvalue weighted by Crippen LogP contribution is 2.41. The highest BCUT2D eigenvalue weighted by Gasteiger charge is 2.36. The van der Waals surface area contributed by atoms with E-state index < -0.39 is 5.69 Å². The standard InChI is InChI=1S/C30H44N6O5/c1-8-9-15-41-27-34-25(32-22(37)13-14-29(2,3)30(4,5)19-31-6)24-26(35-27)36(28(39)33-24)18-21-12-10-11-20(16-21)17-23(38)40-7/h10-12,16,31H,8-9,13-15,17-19H2,1-7H3,(H,33,39)(H,32,34,35,37). The average molecular weight is 569 g/mol. The number of aromatic amines is 1. The molecule has 0 spiro atoms. The predicted octanol–water partition coefficient (Wildman–Crippen LogP) is 4.05. The largest absolute Gasteiger partial charge is 0.469 e. The second-order valence-electron chi connectivity index (χ2n) is 11.7. The van der Waals surface area contributed by atoms with Crippen LogP contribution in [-0.4, -0.2) is 58.7 Å². The Morgan fingerprint density at radius 3 is 2.51 bits per heavy atom. The number of ether oxygens (including phenoxy) is 2. The minimum atomic E-state index is -0.399. The molecule has 11 heteroatoms. The lowest BCUT2D eigenvalue weighted by atomic mass is 9.65. The fourth-order valence-corrected chi connectivity index (χ4v) is 4.52. The molecule has 0 fully saturated rings. The minimum Gasteiger partial charge on any atom is -0.469 e. The molecule has 0 bridgehead atoms. The fraction of sp³-hybridized carbons (Fsp3) is 0.567. The van der Waals surface area contributed by atoms with E-state index in [2.05, 4.69) is 60.2 Å². The van der Waals surface area contributed by atoms with E-state index in [9.17, 15) is 14.4 Å². The summed E-state index contributed by atoms with van der Waals surface area (Å²) in [7, 11) is 3.27. The van der Waals surface area contributed by atoms with Crippen molar-refractivity contribution in [3.05, 3.63) is 45.9 Å². The molecule has 0 unspecified atom stereocenters. The molecule has 1 aromatic carbocycles. The second kappa shape index (κ2) is 13.8. The van der Waals surface area contributed by atoms with Gasteiger partial charge in [-0.2, -0.15) is 9.97 Å². The minimum absolute atomic E-state index is 0.0267. The first-order chi connectivity index (χ1) is 19.4. The van der Waals surface area contributed by atoms with Gasteiger partial charge in [-0.05, 0) is 41.8 Å². The number of hydrogen-bond donors (Lipinski definition) is 3. The van der Waals surface area contributed by atoms with E-state index in [0.717, 1.165) is 30.5 Å². The number of amides is 1. The molecule has 2 heterocycles. The fourth-order valence-electron chi connectivity index (χ4n) is 4.52. The Morgan fingerprint density at radius 1 is 1.10 bits per heavy atom. The van der Waals surface area contributed by atoms with Crippen LogP contribution in [0.25, 0.3) is 11.2 Å². The molecule has 0 saturated carbocycles. The van der Waals surface area contributed by atoms with Crippen LogP contribution in [0.1, 0.15) is 71.4 Å². The molecular weight excluding hydrogens is 524 g/mol. The molecule has 0 saturated heterocycles. The predicted molar refractivity (Wildman–Crippen MR) is 159 cm³/mol. The molecule has 41 heavy (non-hydrogen) atoms. The summed E-state index contributed by atoms with van der Waals surface area (Å²) in [5.74, 6) is -0.349. The summed E-state index contributed by atoms with van der Waals surface area (Å²) < 4.78 is 12.0. The second-order valence-corrected chi connectivity index (χ2v) is 11.7. The van der Waals surface area contributed by atoms with Gasteiger partial charge in [-0.1, -0.05) is 65.3 Å². The van der Waals surface area contributed by atoms with Gasteiger partial charge in [-0.3, -0.25) is 14.2 Å². The van der Waals surface area contributed by atoms with E-state index in [1.165, 1.54) is 11.7 Å². The Kier molecular flexibility index (Phi) is 10.7. The Bertz CT molecular complexity index is 1410. The number of benzene rings is 1. The number of H-pyrrole nitrogens is 1. The zero-order valence-electron chi connectivity index (χ0n) is 25.3. The number of carbonyl (C=O) groups excluding carboxylic acids is 2. The summed E-state index contributed by atoms with van der Waals surface area (Å²) in [6.45, 7) is 12.2. The first-order valence-corrected chi connectivity index (χ1v) is 14.1. The van der Waals surface area contributed by atoms with Gasteiger partial charge < -0.3 is 25.1 Å². The number of esters is 1. The van der Waals surface area contributed by atoms with Gasteiger partial charge in [0.15, 0.2) is 11.5 Å². The van der Waals surface area contributed by atoms with Gasteiger partial charge in [0.2, 0.25) is 5.91 Å². The number of anilines is 1. The van der Waals surface area contributed by atoms with Crippen LogP contribution in [-0.2, 0) is 27.3 Å². The molecule has 224 valence electrons. The van der Waals surface area contributed by atoms with Gasteiger partial charge in [-0.25, -0.2) is 4.79 Å². The lowest BCUT2D eigenvalue weighted by Gasteiger charge is -2.42. The summed E-state index contributed by atoms with van der Waals surface area (Å²) in [6.07, 6.45) is 2.83. The van der Waals surface area contributed by atoms with Crippen molar-refractivity contribution in [3.63, 3.8) is 0 Å². The Labute approximate surface area is 241 Å². The SMILES string of the molecule is CCCCOc1nc(NC(=O)CCC(C)(C)C(C)(C)CNC)c2[nH]c(=O)n(Cc3cccc(CC(=O)OC)c3)c2n1. The lowest BCUT2D eigenvalue weighted by Crippen LogP contribution is -2.40. The number of imidazole rings is 1. The number of fused-ring (bicyclic) bond motifs is 1. The van der Waals surface area contributed by atoms with Crippen molar-refractivity contribution in [2.45, 2.75) is 73.3 Å². The molecule has 0 aliphatic heterocycles. The number of rotatable bonds is 15. The van der Waals surface area contributed by atoms with Gasteiger partial charge in [0.05, 0.1) is 26.7 Å². The summed E-state index contributed by atoms with van der Waals surface area (Å²) in [5.41, 5.74) is 1.69. The summed E-state index contributed by atoms with van der Waals surface area (Å²) in [4.78, 5) is 49.7. The molecule has 1 amide bonds. The van der Waals surface area contributed by atoms with E-state index in [4.69, 9.17) is 9.47 Å². The topological polar surface area (TPSA) is 140 Å². The maximum Gasteiger partial charge on any atom is 0.328 e. The Hall–Kier alpha value is -3.73. The third-order valence-electron chi connectivity index (χ3n) is 7.93. The molecule has 0 atom stereocenters. The van der Waals surface area contributed by atoms with Crippen LogP contribution in [0.15, 0.2) is 29.1 Å². The maximum absolute atomic E-state index is 13.1. The molecular formula is C30H44N6O5. The van der Waals surface area contributed by atoms with E-state index in [0.29, 0.717) is 24.2 Å². The van der Waals surface area contributed by atoms with Crippen molar-refractivity contribution in [1.82, 2.24) is 24.8 Å². The van der Waals surface area contributed by atoms with Crippen molar-refractivity contribution in [2.24, 2.45) is 10.8 Å². The number of aromatic nitrogens is 4. The number of unbranched alkanes of at least 4 members (excludes halogenated alkanes) is 1. The molecule has 3 rings (SSSR count). The van der Waals surface area contributed by atoms with Gasteiger partial charge in [0.1, 0.15) is 5.52 Å². The highest BCUT2D eigenvalue weighted by atomic mass is 16.5. The molecule has 0 aliphatic rings. The van der Waals surface area contributed by atoms with Crippen LogP contribution in [0, 0.1) is 10.8 Å². The van der Waals surface area contributed by atoms with E-state index in [1.807, 2.05) is 31.3 Å². The zero-order chi connectivity index (χ0) is 30.2. The number of methoxy groups -OCH3 is 1. The Balaban J connectivity index is 1.91. The number of hydrogen-bond acceptors (Lipinski definition) is 8. The molecule has 3 N–H and O–H groups in total. The van der Waals surface area contributed by atoms with Crippen LogP contribution in [0.3, 0.4) is 0 Å². The number of carbonyl (C=O) groups is 2. The van der Waals surface area contributed by atoms with Crippen LogP contribution in [0.4, 0.5) is 5.82 Å². The van der Waals surface area contributed by atoms with Gasteiger partial charge >= 0.3 is 17.7 Å². The van der Waals surface area contributed by atoms with Crippen molar-refractivity contribution in [3.8, 4) is 6.01 Å². The van der Waals surface area contributed by atoms with Gasteiger partial charge in [-0.15, -0.1) is 0 Å². The maximum atomic E-state index is 13.1. The third kappa shape index (κ3) is 8.16. The first kappa shape index (κ1) is 31.8. The zero-order valence-corrected chi connectivity index (χ0v) is 25.3. The smallest absolute Gasteiger partial charge is 0.328 e. The van der Waals surface area contributed by atoms with Gasteiger partial charge in [0.25, 0.3) is 0 Å². The van der Waals surface area contributed by atoms with Crippen molar-refractivity contribution in [2.75, 3.05) is 32.6 Å². The quantitative estimate of drug-likeness (QED) is 0.184. The average Bonchev–Trinajstić information content (AvgIpc) is 3.22. The van der Waals surface area contributed by atoms with Crippen LogP contribution in [0.2, 0.25) is 0 Å².